The van der Waals surface area contributed by atoms with Gasteiger partial charge in [-0.05, 0) is 18.8 Å². The molecule has 0 aromatic rings. The van der Waals surface area contributed by atoms with Crippen LogP contribution in [0.2, 0.25) is 0 Å². The molecule has 0 spiro atoms. The fourth-order valence-electron chi connectivity index (χ4n) is 3.58. The lowest BCUT2D eigenvalue weighted by molar-refractivity contribution is -0.145. The zero-order chi connectivity index (χ0) is 10.7. The molecule has 4 heteroatoms. The van der Waals surface area contributed by atoms with Gasteiger partial charge in [0, 0.05) is 17.4 Å². The monoisotopic (exact) mass is 208 g/mol. The summed E-state index contributed by atoms with van der Waals surface area (Å²) < 4.78 is 5.26. The molecule has 80 valence electrons. The molecule has 0 radical (unpaired) electrons. The SMILES string of the molecule is C=C(C(=O)O)C1C2CC3C(=O)OC1C3C2. The maximum absolute atomic E-state index is 11.4. The van der Waals surface area contributed by atoms with E-state index in [4.69, 9.17) is 9.84 Å². The van der Waals surface area contributed by atoms with E-state index in [1.165, 1.54) is 0 Å². The van der Waals surface area contributed by atoms with Gasteiger partial charge in [0.1, 0.15) is 6.10 Å². The van der Waals surface area contributed by atoms with Gasteiger partial charge in [0.15, 0.2) is 0 Å². The summed E-state index contributed by atoms with van der Waals surface area (Å²) in [5.74, 6) is -0.656. The minimum Gasteiger partial charge on any atom is -0.478 e. The van der Waals surface area contributed by atoms with Gasteiger partial charge >= 0.3 is 11.9 Å². The number of carbonyl (C=O) groups excluding carboxylic acids is 1. The molecule has 0 aromatic heterocycles. The largest absolute Gasteiger partial charge is 0.478 e. The fraction of sp³-hybridized carbons (Fsp3) is 0.636. The Hall–Kier alpha value is -1.32. The molecule has 1 heterocycles. The van der Waals surface area contributed by atoms with Crippen LogP contribution in [-0.4, -0.2) is 23.1 Å². The third-order valence-electron chi connectivity index (χ3n) is 4.16. The molecule has 1 N–H and O–H groups in total. The van der Waals surface area contributed by atoms with E-state index >= 15 is 0 Å². The molecule has 1 saturated heterocycles. The first-order valence-electron chi connectivity index (χ1n) is 5.22. The summed E-state index contributed by atoms with van der Waals surface area (Å²) in [6, 6.07) is 0. The van der Waals surface area contributed by atoms with Crippen molar-refractivity contribution in [2.45, 2.75) is 18.9 Å². The Kier molecular flexibility index (Phi) is 1.56. The number of carboxylic acid groups (broad SMARTS) is 1. The van der Waals surface area contributed by atoms with Crippen molar-refractivity contribution in [1.82, 2.24) is 0 Å². The predicted molar refractivity (Wildman–Crippen MR) is 49.8 cm³/mol. The number of carboxylic acids is 1. The van der Waals surface area contributed by atoms with Crippen molar-refractivity contribution >= 4 is 11.9 Å². The molecule has 4 nitrogen and oxygen atoms in total. The molecule has 0 aromatic carbocycles. The van der Waals surface area contributed by atoms with Crippen molar-refractivity contribution in [2.24, 2.45) is 23.7 Å². The van der Waals surface area contributed by atoms with Gasteiger partial charge in [0.25, 0.3) is 0 Å². The van der Waals surface area contributed by atoms with Crippen LogP contribution in [0.5, 0.6) is 0 Å². The minimum absolute atomic E-state index is 0.0397. The Morgan fingerprint density at radius 3 is 2.87 bits per heavy atom. The number of hydrogen-bond donors (Lipinski definition) is 1. The van der Waals surface area contributed by atoms with Gasteiger partial charge in [-0.25, -0.2) is 4.79 Å². The Morgan fingerprint density at radius 2 is 2.20 bits per heavy atom. The number of hydrogen-bond acceptors (Lipinski definition) is 3. The highest BCUT2D eigenvalue weighted by molar-refractivity contribution is 5.87. The van der Waals surface area contributed by atoms with Crippen LogP contribution >= 0.6 is 0 Å². The third-order valence-corrected chi connectivity index (χ3v) is 4.16. The lowest BCUT2D eigenvalue weighted by atomic mass is 9.79. The normalized spacial score (nSPS) is 45.6. The quantitative estimate of drug-likeness (QED) is 0.539. The molecule has 2 saturated carbocycles. The molecular formula is C11H12O4. The molecule has 3 fully saturated rings. The van der Waals surface area contributed by atoms with Crippen LogP contribution in [0.4, 0.5) is 0 Å². The van der Waals surface area contributed by atoms with Gasteiger partial charge in [-0.3, -0.25) is 4.79 Å². The smallest absolute Gasteiger partial charge is 0.331 e. The van der Waals surface area contributed by atoms with Gasteiger partial charge in [-0.15, -0.1) is 0 Å². The molecule has 15 heavy (non-hydrogen) atoms. The predicted octanol–water partition coefficient (Wildman–Crippen LogP) is 0.825. The molecule has 2 bridgehead atoms. The fourth-order valence-corrected chi connectivity index (χ4v) is 3.58. The lowest BCUT2D eigenvalue weighted by Crippen LogP contribution is -2.30. The average Bonchev–Trinajstić information content (AvgIpc) is 2.76. The van der Waals surface area contributed by atoms with Crippen molar-refractivity contribution in [3.05, 3.63) is 12.2 Å². The summed E-state index contributed by atoms with van der Waals surface area (Å²) in [4.78, 5) is 22.3. The van der Waals surface area contributed by atoms with Crippen LogP contribution in [0.3, 0.4) is 0 Å². The second-order valence-corrected chi connectivity index (χ2v) is 4.76. The van der Waals surface area contributed by atoms with E-state index in [2.05, 4.69) is 6.58 Å². The Labute approximate surface area is 86.9 Å². The average molecular weight is 208 g/mol. The highest BCUT2D eigenvalue weighted by Gasteiger charge is 2.62. The van der Waals surface area contributed by atoms with Crippen LogP contribution < -0.4 is 0 Å². The first-order valence-corrected chi connectivity index (χ1v) is 5.22. The number of ether oxygens (including phenoxy) is 1. The second-order valence-electron chi connectivity index (χ2n) is 4.76. The topological polar surface area (TPSA) is 63.6 Å². The van der Waals surface area contributed by atoms with E-state index in [0.717, 1.165) is 12.8 Å². The van der Waals surface area contributed by atoms with Gasteiger partial charge in [-0.2, -0.15) is 0 Å². The molecule has 2 aliphatic carbocycles. The number of carbonyl (C=O) groups is 2. The number of rotatable bonds is 2. The van der Waals surface area contributed by atoms with E-state index in [1.54, 1.807) is 0 Å². The summed E-state index contributed by atoms with van der Waals surface area (Å²) in [6.45, 7) is 3.61. The van der Waals surface area contributed by atoms with E-state index in [0.29, 0.717) is 5.92 Å². The first-order chi connectivity index (χ1) is 7.09. The minimum atomic E-state index is -0.966. The van der Waals surface area contributed by atoms with E-state index < -0.39 is 5.97 Å². The van der Waals surface area contributed by atoms with Gasteiger partial charge in [0.2, 0.25) is 0 Å². The zero-order valence-electron chi connectivity index (χ0n) is 8.18. The number of fused-ring (bicyclic) bond motifs is 1. The molecule has 3 aliphatic rings. The highest BCUT2D eigenvalue weighted by Crippen LogP contribution is 2.58. The molecule has 0 amide bonds. The Balaban J connectivity index is 1.93. The van der Waals surface area contributed by atoms with Gasteiger partial charge in [0.05, 0.1) is 5.92 Å². The zero-order valence-corrected chi connectivity index (χ0v) is 8.18. The summed E-state index contributed by atoms with van der Waals surface area (Å²) in [6.07, 6.45) is 1.51. The number of esters is 1. The molecule has 5 unspecified atom stereocenters. The standard InChI is InChI=1S/C11H12O4/c1-4(10(12)13)8-5-2-6-7(3-5)11(14)15-9(6)8/h5-9H,1-3H2,(H,12,13). The maximum atomic E-state index is 11.4. The summed E-state index contributed by atoms with van der Waals surface area (Å²) in [5.41, 5.74) is 0.209. The summed E-state index contributed by atoms with van der Waals surface area (Å²) >= 11 is 0. The lowest BCUT2D eigenvalue weighted by Gasteiger charge is -2.25. The highest BCUT2D eigenvalue weighted by atomic mass is 16.6. The summed E-state index contributed by atoms with van der Waals surface area (Å²) in [5, 5.41) is 8.92. The van der Waals surface area contributed by atoms with Crippen LogP contribution in [0.25, 0.3) is 0 Å². The third kappa shape index (κ3) is 0.967. The van der Waals surface area contributed by atoms with E-state index in [-0.39, 0.29) is 35.4 Å². The van der Waals surface area contributed by atoms with Gasteiger partial charge < -0.3 is 9.84 Å². The van der Waals surface area contributed by atoms with Crippen LogP contribution in [0.1, 0.15) is 12.8 Å². The first kappa shape index (κ1) is 8.95. The molecule has 1 aliphatic heterocycles. The molecule has 3 rings (SSSR count). The van der Waals surface area contributed by atoms with Crippen LogP contribution in [-0.2, 0) is 14.3 Å². The second kappa shape index (κ2) is 2.62. The van der Waals surface area contributed by atoms with Crippen molar-refractivity contribution in [1.29, 1.82) is 0 Å². The molecular weight excluding hydrogens is 196 g/mol. The van der Waals surface area contributed by atoms with Crippen molar-refractivity contribution in [3.8, 4) is 0 Å². The Morgan fingerprint density at radius 1 is 1.47 bits per heavy atom. The van der Waals surface area contributed by atoms with Crippen LogP contribution in [0.15, 0.2) is 12.2 Å². The van der Waals surface area contributed by atoms with E-state index in [1.807, 2.05) is 0 Å². The Bertz CT molecular complexity index is 373. The summed E-state index contributed by atoms with van der Waals surface area (Å²) in [7, 11) is 0. The van der Waals surface area contributed by atoms with Crippen LogP contribution in [0, 0.1) is 23.7 Å². The van der Waals surface area contributed by atoms with E-state index in [9.17, 15) is 9.59 Å². The maximum Gasteiger partial charge on any atom is 0.331 e. The van der Waals surface area contributed by atoms with Crippen molar-refractivity contribution < 1.29 is 19.4 Å². The van der Waals surface area contributed by atoms with Gasteiger partial charge in [-0.1, -0.05) is 6.58 Å². The van der Waals surface area contributed by atoms with Crippen molar-refractivity contribution in [3.63, 3.8) is 0 Å². The molecule has 5 atom stereocenters. The number of aliphatic carboxylic acids is 1. The van der Waals surface area contributed by atoms with Crippen molar-refractivity contribution in [2.75, 3.05) is 0 Å².